The van der Waals surface area contributed by atoms with Gasteiger partial charge in [-0.3, -0.25) is 4.55 Å². The molecule has 1 aromatic carbocycles. The Morgan fingerprint density at radius 2 is 1.68 bits per heavy atom. The van der Waals surface area contributed by atoms with E-state index in [1.54, 1.807) is 30.3 Å². The molecule has 25 heavy (non-hydrogen) atoms. The molecule has 0 aliphatic carbocycles. The molecule has 9 nitrogen and oxygen atoms in total. The lowest BCUT2D eigenvalue weighted by Gasteiger charge is -2.40. The number of para-hydroxylation sites is 1. The average molecular weight is 372 g/mol. The fourth-order valence-electron chi connectivity index (χ4n) is 2.40. The van der Waals surface area contributed by atoms with Gasteiger partial charge in [-0.05, 0) is 12.1 Å². The highest BCUT2D eigenvalue weighted by Gasteiger charge is 2.52. The lowest BCUT2D eigenvalue weighted by molar-refractivity contribution is -0.248. The Bertz CT molecular complexity index is 775. The summed E-state index contributed by atoms with van der Waals surface area (Å²) in [5.41, 5.74) is -2.05. The van der Waals surface area contributed by atoms with Crippen molar-refractivity contribution in [1.82, 2.24) is 0 Å². The minimum Gasteiger partial charge on any atom is -0.481 e. The molecule has 1 saturated heterocycles. The molecule has 3 rings (SSSR count). The van der Waals surface area contributed by atoms with Crippen molar-refractivity contribution >= 4 is 10.1 Å². The van der Waals surface area contributed by atoms with Crippen molar-refractivity contribution in [2.45, 2.75) is 30.0 Å². The van der Waals surface area contributed by atoms with Crippen LogP contribution in [0.3, 0.4) is 0 Å². The molecule has 1 aliphatic rings. The van der Waals surface area contributed by atoms with Crippen LogP contribution in [0.15, 0.2) is 53.3 Å². The Morgan fingerprint density at radius 3 is 2.28 bits per heavy atom. The van der Waals surface area contributed by atoms with E-state index in [1.165, 1.54) is 18.6 Å². The van der Waals surface area contributed by atoms with Crippen LogP contribution in [0.5, 0.6) is 11.5 Å². The molecule has 2 aromatic rings. The van der Waals surface area contributed by atoms with Gasteiger partial charge in [0.1, 0.15) is 18.1 Å². The summed E-state index contributed by atoms with van der Waals surface area (Å²) >= 11 is 0. The Kier molecular flexibility index (Phi) is 4.97. The lowest BCUT2D eigenvalue weighted by atomic mass is 10.0. The summed E-state index contributed by atoms with van der Waals surface area (Å²) in [4.78, 5) is 0. The Hall–Kier alpha value is -2.11. The van der Waals surface area contributed by atoms with Gasteiger partial charge in [-0.1, -0.05) is 18.2 Å². The first kappa shape index (κ1) is 17.7. The molecule has 1 aromatic heterocycles. The van der Waals surface area contributed by atoms with Crippen LogP contribution < -0.4 is 9.47 Å². The number of aliphatic hydroxyl groups is 2. The van der Waals surface area contributed by atoms with Gasteiger partial charge in [0.2, 0.25) is 11.7 Å². The average Bonchev–Trinajstić information content (AvgIpc) is 3.07. The zero-order valence-electron chi connectivity index (χ0n) is 12.7. The van der Waals surface area contributed by atoms with E-state index in [0.29, 0.717) is 5.75 Å². The van der Waals surface area contributed by atoms with Gasteiger partial charge in [0.05, 0.1) is 6.26 Å². The first-order valence-electron chi connectivity index (χ1n) is 7.25. The van der Waals surface area contributed by atoms with Crippen molar-refractivity contribution in [2.75, 3.05) is 0 Å². The number of rotatable bonds is 5. The molecular weight excluding hydrogens is 356 g/mol. The molecule has 10 heteroatoms. The van der Waals surface area contributed by atoms with E-state index in [-0.39, 0.29) is 5.75 Å². The molecule has 0 bridgehead atoms. The maximum Gasteiger partial charge on any atom is 0.295 e. The second kappa shape index (κ2) is 7.02. The van der Waals surface area contributed by atoms with Crippen molar-refractivity contribution in [3.63, 3.8) is 0 Å². The van der Waals surface area contributed by atoms with Crippen LogP contribution in [0.2, 0.25) is 0 Å². The number of aliphatic hydroxyl groups excluding tert-OH is 2. The Morgan fingerprint density at radius 1 is 0.960 bits per heavy atom. The monoisotopic (exact) mass is 372 g/mol. The second-order valence-corrected chi connectivity index (χ2v) is 6.84. The van der Waals surface area contributed by atoms with Crippen LogP contribution in [-0.2, 0) is 14.9 Å². The van der Waals surface area contributed by atoms with E-state index in [0.717, 1.165) is 0 Å². The van der Waals surface area contributed by atoms with Crippen LogP contribution in [0.4, 0.5) is 0 Å². The molecule has 136 valence electrons. The van der Waals surface area contributed by atoms with Crippen molar-refractivity contribution in [3.05, 3.63) is 48.9 Å². The number of ether oxygens (including phenoxy) is 3. The largest absolute Gasteiger partial charge is 0.481 e. The topological polar surface area (TPSA) is 136 Å². The van der Waals surface area contributed by atoms with Gasteiger partial charge in [-0.2, -0.15) is 8.42 Å². The lowest BCUT2D eigenvalue weighted by Crippen LogP contribution is -2.62. The third-order valence-corrected chi connectivity index (χ3v) is 4.53. The van der Waals surface area contributed by atoms with Gasteiger partial charge in [-0.25, -0.2) is 0 Å². The van der Waals surface area contributed by atoms with Crippen LogP contribution >= 0.6 is 0 Å². The second-order valence-electron chi connectivity index (χ2n) is 5.34. The standard InChI is InChI=1S/C15H16O9S/c16-11-13(22-10-6-7-21-8-10)12(17)15(25(18,19)20)24-14(11)23-9-4-2-1-3-5-9/h1-8,11-17H,(H,18,19,20)/t11-,12+,13-,14-,15?/m1/s1. The molecular formula is C15H16O9S. The minimum atomic E-state index is -4.80. The highest BCUT2D eigenvalue weighted by atomic mass is 32.2. The number of benzene rings is 1. The summed E-state index contributed by atoms with van der Waals surface area (Å²) in [5, 5.41) is 20.6. The third-order valence-electron chi connectivity index (χ3n) is 3.56. The summed E-state index contributed by atoms with van der Waals surface area (Å²) in [5.74, 6) is 0.441. The van der Waals surface area contributed by atoms with E-state index < -0.39 is 40.2 Å². The van der Waals surface area contributed by atoms with Crippen LogP contribution in [-0.4, -0.2) is 53.2 Å². The van der Waals surface area contributed by atoms with Gasteiger partial charge < -0.3 is 28.8 Å². The molecule has 0 radical (unpaired) electrons. The zero-order valence-corrected chi connectivity index (χ0v) is 13.5. The number of hydrogen-bond donors (Lipinski definition) is 3. The van der Waals surface area contributed by atoms with Gasteiger partial charge in [0, 0.05) is 6.07 Å². The van der Waals surface area contributed by atoms with Crippen LogP contribution in [0.1, 0.15) is 0 Å². The molecule has 2 heterocycles. The normalized spacial score (nSPS) is 30.0. The van der Waals surface area contributed by atoms with Gasteiger partial charge in [-0.15, -0.1) is 0 Å². The molecule has 1 fully saturated rings. The fourth-order valence-corrected chi connectivity index (χ4v) is 3.15. The summed E-state index contributed by atoms with van der Waals surface area (Å²) in [7, 11) is -4.80. The van der Waals surface area contributed by atoms with Gasteiger partial charge >= 0.3 is 0 Å². The number of furan rings is 1. The fraction of sp³-hybridized carbons (Fsp3) is 0.333. The van der Waals surface area contributed by atoms with Crippen molar-refractivity contribution in [2.24, 2.45) is 0 Å². The molecule has 0 spiro atoms. The first-order chi connectivity index (χ1) is 11.9. The first-order valence-corrected chi connectivity index (χ1v) is 8.75. The molecule has 1 aliphatic heterocycles. The molecule has 5 atom stereocenters. The summed E-state index contributed by atoms with van der Waals surface area (Å²) in [6.45, 7) is 0. The highest BCUT2D eigenvalue weighted by Crippen LogP contribution is 2.29. The van der Waals surface area contributed by atoms with Crippen molar-refractivity contribution < 1.29 is 41.8 Å². The zero-order chi connectivity index (χ0) is 18.0. The number of hydrogen-bond acceptors (Lipinski definition) is 8. The third kappa shape index (κ3) is 3.94. The quantitative estimate of drug-likeness (QED) is 0.637. The van der Waals surface area contributed by atoms with Crippen molar-refractivity contribution in [1.29, 1.82) is 0 Å². The van der Waals surface area contributed by atoms with E-state index >= 15 is 0 Å². The summed E-state index contributed by atoms with van der Waals surface area (Å²) in [6, 6.07) is 9.61. The summed E-state index contributed by atoms with van der Waals surface area (Å²) < 4.78 is 53.0. The van der Waals surface area contributed by atoms with Gasteiger partial charge in [0.15, 0.2) is 18.0 Å². The van der Waals surface area contributed by atoms with Gasteiger partial charge in [0.25, 0.3) is 10.1 Å². The highest BCUT2D eigenvalue weighted by molar-refractivity contribution is 7.86. The Labute approximate surface area is 143 Å². The maximum absolute atomic E-state index is 11.5. The molecule has 1 unspecified atom stereocenters. The SMILES string of the molecule is O=S(=O)(O)C1O[C@@H](Oc2ccccc2)[C@H](O)[C@@H](Oc2ccoc2)[C@@H]1O. The minimum absolute atomic E-state index is 0.151. The van der Waals surface area contributed by atoms with E-state index in [4.69, 9.17) is 18.6 Å². The van der Waals surface area contributed by atoms with Crippen LogP contribution in [0, 0.1) is 0 Å². The molecule has 3 N–H and O–H groups in total. The smallest absolute Gasteiger partial charge is 0.295 e. The van der Waals surface area contributed by atoms with E-state index in [9.17, 15) is 23.2 Å². The molecule has 0 amide bonds. The predicted octanol–water partition coefficient (Wildman–Crippen LogP) is 0.398. The maximum atomic E-state index is 11.5. The molecule has 0 saturated carbocycles. The van der Waals surface area contributed by atoms with Crippen LogP contribution in [0.25, 0.3) is 0 Å². The predicted molar refractivity (Wildman–Crippen MR) is 82.4 cm³/mol. The summed E-state index contributed by atoms with van der Waals surface area (Å²) in [6.07, 6.45) is -3.88. The Balaban J connectivity index is 1.87. The van der Waals surface area contributed by atoms with E-state index in [2.05, 4.69) is 0 Å². The van der Waals surface area contributed by atoms with E-state index in [1.807, 2.05) is 0 Å². The van der Waals surface area contributed by atoms with Crippen molar-refractivity contribution in [3.8, 4) is 11.5 Å².